The maximum Gasteiger partial charge on any atom is 0.106 e. The van der Waals surface area contributed by atoms with Gasteiger partial charge in [0.15, 0.2) is 0 Å². The van der Waals surface area contributed by atoms with E-state index in [2.05, 4.69) is 60.3 Å². The molecule has 0 radical (unpaired) electrons. The van der Waals surface area contributed by atoms with Crippen molar-refractivity contribution < 1.29 is 0 Å². The number of fused-ring (bicyclic) bond motifs is 1. The van der Waals surface area contributed by atoms with Gasteiger partial charge >= 0.3 is 0 Å². The lowest BCUT2D eigenvalue weighted by atomic mass is 10.1. The number of rotatable bonds is 3. The molecule has 2 N–H and O–H groups in total. The third-order valence-corrected chi connectivity index (χ3v) is 4.23. The lowest BCUT2D eigenvalue weighted by Crippen LogP contribution is -2.17. The standard InChI is InChI=1S/C16H17N3S/c1-11-4-3-5-12(8-11)9-19(2)13-6-7-14-16(15(13)17)18-10-20-14/h3-8,10H,9,17H2,1-2H3. The van der Waals surface area contributed by atoms with Crippen molar-refractivity contribution in [2.24, 2.45) is 0 Å². The van der Waals surface area contributed by atoms with E-state index in [-0.39, 0.29) is 0 Å². The normalized spacial score (nSPS) is 10.9. The average molecular weight is 283 g/mol. The summed E-state index contributed by atoms with van der Waals surface area (Å²) in [6.07, 6.45) is 0. The summed E-state index contributed by atoms with van der Waals surface area (Å²) in [4.78, 5) is 6.52. The third-order valence-electron chi connectivity index (χ3n) is 3.43. The van der Waals surface area contributed by atoms with Gasteiger partial charge in [-0.2, -0.15) is 0 Å². The van der Waals surface area contributed by atoms with E-state index < -0.39 is 0 Å². The van der Waals surface area contributed by atoms with Crippen molar-refractivity contribution in [1.29, 1.82) is 0 Å². The summed E-state index contributed by atoms with van der Waals surface area (Å²) in [6, 6.07) is 12.7. The molecule has 0 spiro atoms. The van der Waals surface area contributed by atoms with E-state index in [4.69, 9.17) is 5.73 Å². The van der Waals surface area contributed by atoms with Gasteiger partial charge in [0.05, 0.1) is 21.6 Å². The average Bonchev–Trinajstić information content (AvgIpc) is 2.88. The van der Waals surface area contributed by atoms with Gasteiger partial charge in [-0.25, -0.2) is 4.98 Å². The quantitative estimate of drug-likeness (QED) is 0.743. The predicted molar refractivity (Wildman–Crippen MR) is 87.3 cm³/mol. The van der Waals surface area contributed by atoms with Gasteiger partial charge in [0.25, 0.3) is 0 Å². The Morgan fingerprint density at radius 1 is 1.25 bits per heavy atom. The van der Waals surface area contributed by atoms with Gasteiger partial charge in [-0.15, -0.1) is 11.3 Å². The van der Waals surface area contributed by atoms with E-state index in [0.29, 0.717) is 0 Å². The Hall–Kier alpha value is -2.07. The van der Waals surface area contributed by atoms with Crippen LogP contribution in [0.25, 0.3) is 10.2 Å². The lowest BCUT2D eigenvalue weighted by Gasteiger charge is -2.21. The minimum absolute atomic E-state index is 0.763. The number of hydrogen-bond donors (Lipinski definition) is 1. The van der Waals surface area contributed by atoms with Crippen LogP contribution >= 0.6 is 11.3 Å². The van der Waals surface area contributed by atoms with Gasteiger partial charge in [0.2, 0.25) is 0 Å². The number of anilines is 2. The van der Waals surface area contributed by atoms with Crippen molar-refractivity contribution in [1.82, 2.24) is 4.98 Å². The molecule has 3 rings (SSSR count). The van der Waals surface area contributed by atoms with Gasteiger partial charge in [0, 0.05) is 13.6 Å². The molecule has 0 aliphatic heterocycles. The van der Waals surface area contributed by atoms with Crippen LogP contribution in [0.3, 0.4) is 0 Å². The van der Waals surface area contributed by atoms with Gasteiger partial charge in [0.1, 0.15) is 5.52 Å². The van der Waals surface area contributed by atoms with Crippen LogP contribution in [0, 0.1) is 6.92 Å². The van der Waals surface area contributed by atoms with E-state index in [1.807, 2.05) is 5.51 Å². The summed E-state index contributed by atoms with van der Waals surface area (Å²) in [6.45, 7) is 2.95. The third kappa shape index (κ3) is 2.34. The molecule has 0 aliphatic rings. The first-order chi connectivity index (χ1) is 9.65. The molecule has 102 valence electrons. The first-order valence-corrected chi connectivity index (χ1v) is 7.41. The Bertz CT molecular complexity index is 748. The molecule has 2 aromatic carbocycles. The van der Waals surface area contributed by atoms with Crippen LogP contribution in [0.2, 0.25) is 0 Å². The Morgan fingerprint density at radius 3 is 2.90 bits per heavy atom. The summed E-state index contributed by atoms with van der Waals surface area (Å²) in [7, 11) is 2.06. The maximum atomic E-state index is 6.25. The van der Waals surface area contributed by atoms with Crippen molar-refractivity contribution in [2.75, 3.05) is 17.7 Å². The van der Waals surface area contributed by atoms with Crippen molar-refractivity contribution in [2.45, 2.75) is 13.5 Å². The molecule has 0 amide bonds. The van der Waals surface area contributed by atoms with Crippen LogP contribution < -0.4 is 10.6 Å². The molecular weight excluding hydrogens is 266 g/mol. The highest BCUT2D eigenvalue weighted by Crippen LogP contribution is 2.32. The fourth-order valence-corrected chi connectivity index (χ4v) is 3.14. The molecule has 1 aromatic heterocycles. The van der Waals surface area contributed by atoms with Crippen molar-refractivity contribution >= 4 is 32.9 Å². The summed E-state index contributed by atoms with van der Waals surface area (Å²) < 4.78 is 1.13. The molecule has 0 saturated heterocycles. The number of aryl methyl sites for hydroxylation is 1. The van der Waals surface area contributed by atoms with Crippen LogP contribution in [0.15, 0.2) is 41.9 Å². The number of nitrogens with zero attached hydrogens (tertiary/aromatic N) is 2. The summed E-state index contributed by atoms with van der Waals surface area (Å²) in [5, 5.41) is 0. The second kappa shape index (κ2) is 5.13. The molecule has 0 unspecified atom stereocenters. The van der Waals surface area contributed by atoms with E-state index in [9.17, 15) is 0 Å². The molecule has 0 fully saturated rings. The summed E-state index contributed by atoms with van der Waals surface area (Å²) >= 11 is 1.62. The molecule has 3 nitrogen and oxygen atoms in total. The number of aromatic nitrogens is 1. The van der Waals surface area contributed by atoms with Gasteiger partial charge < -0.3 is 10.6 Å². The second-order valence-electron chi connectivity index (χ2n) is 5.04. The highest BCUT2D eigenvalue weighted by molar-refractivity contribution is 7.16. The monoisotopic (exact) mass is 283 g/mol. The van der Waals surface area contributed by atoms with Crippen molar-refractivity contribution in [3.8, 4) is 0 Å². The van der Waals surface area contributed by atoms with Crippen LogP contribution in [-0.2, 0) is 6.54 Å². The second-order valence-corrected chi connectivity index (χ2v) is 5.93. The van der Waals surface area contributed by atoms with Gasteiger partial charge in [-0.05, 0) is 24.6 Å². The summed E-state index contributed by atoms with van der Waals surface area (Å²) in [5.41, 5.74) is 13.3. The van der Waals surface area contributed by atoms with E-state index >= 15 is 0 Å². The first-order valence-electron chi connectivity index (χ1n) is 6.53. The Balaban J connectivity index is 1.92. The van der Waals surface area contributed by atoms with Crippen LogP contribution in [-0.4, -0.2) is 12.0 Å². The minimum Gasteiger partial charge on any atom is -0.395 e. The number of nitrogens with two attached hydrogens (primary N) is 1. The Morgan fingerprint density at radius 2 is 2.10 bits per heavy atom. The number of benzene rings is 2. The lowest BCUT2D eigenvalue weighted by molar-refractivity contribution is 0.924. The zero-order chi connectivity index (χ0) is 14.1. The van der Waals surface area contributed by atoms with Crippen LogP contribution in [0.4, 0.5) is 11.4 Å². The topological polar surface area (TPSA) is 42.2 Å². The molecule has 4 heteroatoms. The van der Waals surface area contributed by atoms with E-state index in [1.54, 1.807) is 11.3 Å². The first kappa shape index (κ1) is 12.9. The fraction of sp³-hybridized carbons (Fsp3) is 0.188. The Labute approximate surface area is 122 Å². The molecule has 3 aromatic rings. The van der Waals surface area contributed by atoms with Crippen molar-refractivity contribution in [3.05, 3.63) is 53.0 Å². The Kier molecular flexibility index (Phi) is 3.32. The van der Waals surface area contributed by atoms with E-state index in [1.165, 1.54) is 11.1 Å². The number of hydrogen-bond acceptors (Lipinski definition) is 4. The smallest absolute Gasteiger partial charge is 0.106 e. The molecule has 0 atom stereocenters. The zero-order valence-corrected chi connectivity index (χ0v) is 12.4. The summed E-state index contributed by atoms with van der Waals surface area (Å²) in [5.74, 6) is 0. The van der Waals surface area contributed by atoms with Crippen LogP contribution in [0.5, 0.6) is 0 Å². The number of thiazole rings is 1. The van der Waals surface area contributed by atoms with Gasteiger partial charge in [-0.3, -0.25) is 0 Å². The largest absolute Gasteiger partial charge is 0.395 e. The van der Waals surface area contributed by atoms with E-state index in [0.717, 1.165) is 28.1 Å². The highest BCUT2D eigenvalue weighted by Gasteiger charge is 2.11. The molecule has 0 saturated carbocycles. The highest BCUT2D eigenvalue weighted by atomic mass is 32.1. The zero-order valence-electron chi connectivity index (χ0n) is 11.6. The predicted octanol–water partition coefficient (Wildman–Crippen LogP) is 3.82. The SMILES string of the molecule is Cc1cccc(CN(C)c2ccc3scnc3c2N)c1. The molecule has 20 heavy (non-hydrogen) atoms. The molecule has 0 bridgehead atoms. The van der Waals surface area contributed by atoms with Crippen LogP contribution in [0.1, 0.15) is 11.1 Å². The van der Waals surface area contributed by atoms with Gasteiger partial charge in [-0.1, -0.05) is 29.8 Å². The molecule has 0 aliphatic carbocycles. The fourth-order valence-electron chi connectivity index (χ4n) is 2.44. The van der Waals surface area contributed by atoms with Crippen molar-refractivity contribution in [3.63, 3.8) is 0 Å². The molecular formula is C16H17N3S. The number of nitrogen functional groups attached to an aromatic ring is 1. The minimum atomic E-state index is 0.763. The maximum absolute atomic E-state index is 6.25. The molecule has 1 heterocycles.